The molecule has 0 N–H and O–H groups in total. The maximum absolute atomic E-state index is 13.5. The number of aromatic nitrogens is 1. The van der Waals surface area contributed by atoms with Crippen molar-refractivity contribution in [1.29, 1.82) is 0 Å². The average Bonchev–Trinajstić information content (AvgIpc) is 3.21. The smallest absolute Gasteiger partial charge is 0.259 e. The Balaban J connectivity index is 1.44. The van der Waals surface area contributed by atoms with Crippen LogP contribution in [0.25, 0.3) is 0 Å². The molecule has 7 heteroatoms. The van der Waals surface area contributed by atoms with Crippen LogP contribution in [0.4, 0.5) is 8.78 Å². The zero-order chi connectivity index (χ0) is 19.9. The molecule has 2 aliphatic rings. The first-order valence-electron chi connectivity index (χ1n) is 9.75. The number of aryl methyl sites for hydroxylation is 2. The minimum absolute atomic E-state index is 0.00847. The third kappa shape index (κ3) is 3.55. The third-order valence-corrected chi connectivity index (χ3v) is 6.10. The summed E-state index contributed by atoms with van der Waals surface area (Å²) in [6, 6.07) is 4.10. The lowest BCUT2D eigenvalue weighted by Crippen LogP contribution is -2.45. The van der Waals surface area contributed by atoms with Gasteiger partial charge in [0.05, 0.1) is 5.69 Å². The van der Waals surface area contributed by atoms with Crippen molar-refractivity contribution in [1.82, 2.24) is 15.0 Å². The Morgan fingerprint density at radius 3 is 2.71 bits per heavy atom. The van der Waals surface area contributed by atoms with E-state index in [1.165, 1.54) is 12.1 Å². The van der Waals surface area contributed by atoms with Gasteiger partial charge in [0.15, 0.2) is 11.6 Å². The van der Waals surface area contributed by atoms with Crippen molar-refractivity contribution < 1.29 is 18.1 Å². The molecule has 3 heterocycles. The van der Waals surface area contributed by atoms with Gasteiger partial charge in [-0.3, -0.25) is 9.69 Å². The molecule has 1 spiro atoms. The molecule has 150 valence electrons. The summed E-state index contributed by atoms with van der Waals surface area (Å²) in [6.45, 7) is 7.38. The molecule has 2 fully saturated rings. The monoisotopic (exact) mass is 389 g/mol. The topological polar surface area (TPSA) is 49.6 Å². The van der Waals surface area contributed by atoms with Crippen molar-refractivity contribution in [2.24, 2.45) is 5.41 Å². The van der Waals surface area contributed by atoms with Gasteiger partial charge in [-0.2, -0.15) is 0 Å². The van der Waals surface area contributed by atoms with Crippen LogP contribution in [-0.2, 0) is 6.54 Å². The third-order valence-electron chi connectivity index (χ3n) is 6.10. The number of hydrogen-bond donors (Lipinski definition) is 0. The number of amides is 1. The Morgan fingerprint density at radius 1 is 1.18 bits per heavy atom. The van der Waals surface area contributed by atoms with Gasteiger partial charge in [-0.25, -0.2) is 8.78 Å². The summed E-state index contributed by atoms with van der Waals surface area (Å²) < 4.78 is 31.8. The normalized spacial score (nSPS) is 22.9. The van der Waals surface area contributed by atoms with Crippen LogP contribution in [-0.4, -0.2) is 47.0 Å². The highest BCUT2D eigenvalue weighted by atomic mass is 19.2. The van der Waals surface area contributed by atoms with E-state index in [2.05, 4.69) is 10.1 Å². The van der Waals surface area contributed by atoms with Crippen LogP contribution < -0.4 is 0 Å². The first-order chi connectivity index (χ1) is 13.4. The maximum Gasteiger partial charge on any atom is 0.259 e. The van der Waals surface area contributed by atoms with E-state index in [-0.39, 0.29) is 11.3 Å². The molecule has 1 aromatic heterocycles. The SMILES string of the molecule is Cc1noc(C)c1C(=O)N1CC[C@@]2(CCCN(Cc3ccc(F)c(F)c3)C2)C1. The predicted octanol–water partition coefficient (Wildman–Crippen LogP) is 3.70. The average molecular weight is 389 g/mol. The number of rotatable bonds is 3. The minimum Gasteiger partial charge on any atom is -0.361 e. The second-order valence-electron chi connectivity index (χ2n) is 8.24. The minimum atomic E-state index is -0.817. The molecule has 2 aromatic rings. The lowest BCUT2D eigenvalue weighted by molar-refractivity contribution is 0.0673. The van der Waals surface area contributed by atoms with E-state index in [0.29, 0.717) is 30.1 Å². The largest absolute Gasteiger partial charge is 0.361 e. The molecule has 1 atom stereocenters. The Morgan fingerprint density at radius 2 is 2.00 bits per heavy atom. The molecular weight excluding hydrogens is 364 g/mol. The van der Waals surface area contributed by atoms with Crippen LogP contribution in [0, 0.1) is 30.9 Å². The van der Waals surface area contributed by atoms with Crippen LogP contribution in [0.3, 0.4) is 0 Å². The van der Waals surface area contributed by atoms with Gasteiger partial charge in [-0.1, -0.05) is 11.2 Å². The van der Waals surface area contributed by atoms with E-state index in [1.807, 2.05) is 4.90 Å². The van der Waals surface area contributed by atoms with E-state index in [1.54, 1.807) is 19.9 Å². The number of nitrogens with zero attached hydrogens (tertiary/aromatic N) is 3. The summed E-state index contributed by atoms with van der Waals surface area (Å²) in [7, 11) is 0. The van der Waals surface area contributed by atoms with E-state index < -0.39 is 11.6 Å². The summed E-state index contributed by atoms with van der Waals surface area (Å²) in [4.78, 5) is 17.2. The molecule has 0 unspecified atom stereocenters. The van der Waals surface area contributed by atoms with E-state index in [4.69, 9.17) is 4.52 Å². The molecule has 5 nitrogen and oxygen atoms in total. The van der Waals surface area contributed by atoms with E-state index in [0.717, 1.165) is 44.5 Å². The second kappa shape index (κ2) is 7.28. The van der Waals surface area contributed by atoms with Crippen molar-refractivity contribution in [3.63, 3.8) is 0 Å². The summed E-state index contributed by atoms with van der Waals surface area (Å²) in [5.74, 6) is -1.07. The van der Waals surface area contributed by atoms with Gasteiger partial charge in [0.25, 0.3) is 5.91 Å². The molecule has 2 saturated heterocycles. The molecule has 0 bridgehead atoms. The zero-order valence-corrected chi connectivity index (χ0v) is 16.3. The summed E-state index contributed by atoms with van der Waals surface area (Å²) in [6.07, 6.45) is 3.07. The molecule has 28 heavy (non-hydrogen) atoms. The number of piperidine rings is 1. The highest BCUT2D eigenvalue weighted by molar-refractivity contribution is 5.96. The summed E-state index contributed by atoms with van der Waals surface area (Å²) in [5, 5.41) is 3.90. The second-order valence-corrected chi connectivity index (χ2v) is 8.24. The fourth-order valence-electron chi connectivity index (χ4n) is 4.73. The quantitative estimate of drug-likeness (QED) is 0.803. The Labute approximate surface area is 163 Å². The molecule has 0 saturated carbocycles. The van der Waals surface area contributed by atoms with Crippen molar-refractivity contribution in [3.8, 4) is 0 Å². The van der Waals surface area contributed by atoms with Gasteiger partial charge in [0.1, 0.15) is 11.3 Å². The van der Waals surface area contributed by atoms with Gasteiger partial charge < -0.3 is 9.42 Å². The van der Waals surface area contributed by atoms with Crippen molar-refractivity contribution in [2.45, 2.75) is 39.7 Å². The molecule has 0 radical (unpaired) electrons. The molecule has 4 rings (SSSR count). The van der Waals surface area contributed by atoms with E-state index in [9.17, 15) is 13.6 Å². The van der Waals surface area contributed by atoms with Gasteiger partial charge in [-0.05, 0) is 57.4 Å². The zero-order valence-electron chi connectivity index (χ0n) is 16.3. The molecule has 0 aliphatic carbocycles. The van der Waals surface area contributed by atoms with Crippen molar-refractivity contribution in [2.75, 3.05) is 26.2 Å². The molecule has 2 aliphatic heterocycles. The lowest BCUT2D eigenvalue weighted by Gasteiger charge is -2.40. The van der Waals surface area contributed by atoms with E-state index >= 15 is 0 Å². The standard InChI is InChI=1S/C21H25F2N3O2/c1-14-19(15(2)28-24-14)20(27)26-9-7-21(13-26)6-3-8-25(12-21)11-16-4-5-17(22)18(23)10-16/h4-5,10H,3,6-9,11-13H2,1-2H3/t21-/m1/s1. The van der Waals surface area contributed by atoms with Crippen LogP contribution in [0.2, 0.25) is 0 Å². The summed E-state index contributed by atoms with van der Waals surface area (Å²) >= 11 is 0. The van der Waals surface area contributed by atoms with Gasteiger partial charge in [0.2, 0.25) is 0 Å². The fraction of sp³-hybridized carbons (Fsp3) is 0.524. The number of benzene rings is 1. The predicted molar refractivity (Wildman–Crippen MR) is 99.8 cm³/mol. The molecular formula is C21H25F2N3O2. The van der Waals surface area contributed by atoms with Crippen LogP contribution in [0.5, 0.6) is 0 Å². The van der Waals surface area contributed by atoms with Crippen LogP contribution >= 0.6 is 0 Å². The number of carbonyl (C=O) groups is 1. The first kappa shape index (κ1) is 19.1. The van der Waals surface area contributed by atoms with Crippen molar-refractivity contribution in [3.05, 3.63) is 52.4 Å². The van der Waals surface area contributed by atoms with Crippen LogP contribution in [0.1, 0.15) is 46.6 Å². The lowest BCUT2D eigenvalue weighted by atomic mass is 9.79. The van der Waals surface area contributed by atoms with Crippen molar-refractivity contribution >= 4 is 5.91 Å². The van der Waals surface area contributed by atoms with Gasteiger partial charge in [0, 0.05) is 31.6 Å². The Hall–Kier alpha value is -2.28. The molecule has 1 aromatic carbocycles. The summed E-state index contributed by atoms with van der Waals surface area (Å²) in [5.41, 5.74) is 2.04. The Bertz CT molecular complexity index is 878. The molecule has 1 amide bonds. The number of carbonyl (C=O) groups excluding carboxylic acids is 1. The number of hydrogen-bond acceptors (Lipinski definition) is 4. The highest BCUT2D eigenvalue weighted by Crippen LogP contribution is 2.40. The fourth-order valence-corrected chi connectivity index (χ4v) is 4.73. The van der Waals surface area contributed by atoms with Crippen LogP contribution in [0.15, 0.2) is 22.7 Å². The Kier molecular flexibility index (Phi) is 4.95. The number of halogens is 2. The highest BCUT2D eigenvalue weighted by Gasteiger charge is 2.43. The number of likely N-dealkylation sites (tertiary alicyclic amines) is 2. The maximum atomic E-state index is 13.5. The van der Waals surface area contributed by atoms with Gasteiger partial charge >= 0.3 is 0 Å². The first-order valence-corrected chi connectivity index (χ1v) is 9.75. The van der Waals surface area contributed by atoms with Gasteiger partial charge in [-0.15, -0.1) is 0 Å².